The van der Waals surface area contributed by atoms with E-state index in [0.717, 1.165) is 4.88 Å². The lowest BCUT2D eigenvalue weighted by atomic mass is 10.4. The SMILES string of the molecule is COCCN(Cc1cccs1)S(=O)(=O)c1cn(C)nc1N. The average molecular weight is 330 g/mol. The molecule has 0 atom stereocenters. The maximum absolute atomic E-state index is 12.7. The van der Waals surface area contributed by atoms with E-state index in [2.05, 4.69) is 5.10 Å². The summed E-state index contributed by atoms with van der Waals surface area (Å²) in [5.74, 6) is 0.00564. The van der Waals surface area contributed by atoms with Crippen LogP contribution >= 0.6 is 11.3 Å². The summed E-state index contributed by atoms with van der Waals surface area (Å²) in [5.41, 5.74) is 5.70. The van der Waals surface area contributed by atoms with E-state index >= 15 is 0 Å². The fourth-order valence-corrected chi connectivity index (χ4v) is 4.17. The van der Waals surface area contributed by atoms with Crippen LogP contribution in [0.3, 0.4) is 0 Å². The first-order valence-electron chi connectivity index (χ1n) is 6.25. The van der Waals surface area contributed by atoms with Gasteiger partial charge in [0, 0.05) is 38.3 Å². The van der Waals surface area contributed by atoms with E-state index < -0.39 is 10.0 Å². The quantitative estimate of drug-likeness (QED) is 0.814. The first-order chi connectivity index (χ1) is 9.95. The molecule has 0 aliphatic heterocycles. The molecule has 7 nitrogen and oxygen atoms in total. The predicted octanol–water partition coefficient (Wildman–Crippen LogP) is 0.901. The van der Waals surface area contributed by atoms with E-state index in [9.17, 15) is 8.42 Å². The Labute approximate surface area is 128 Å². The van der Waals surface area contributed by atoms with Crippen molar-refractivity contribution in [2.45, 2.75) is 11.4 Å². The van der Waals surface area contributed by atoms with Gasteiger partial charge in [-0.05, 0) is 11.4 Å². The molecule has 21 heavy (non-hydrogen) atoms. The molecule has 0 unspecified atom stereocenters. The number of aromatic nitrogens is 2. The molecule has 2 aromatic rings. The van der Waals surface area contributed by atoms with Crippen LogP contribution in [0, 0.1) is 0 Å². The van der Waals surface area contributed by atoms with Crippen LogP contribution in [0.25, 0.3) is 0 Å². The second-order valence-corrected chi connectivity index (χ2v) is 7.40. The minimum Gasteiger partial charge on any atom is -0.383 e. The third-order valence-corrected chi connectivity index (χ3v) is 5.62. The number of sulfonamides is 1. The van der Waals surface area contributed by atoms with Gasteiger partial charge in [-0.15, -0.1) is 11.3 Å². The van der Waals surface area contributed by atoms with Gasteiger partial charge in [0.1, 0.15) is 4.90 Å². The van der Waals surface area contributed by atoms with Gasteiger partial charge >= 0.3 is 0 Å². The Hall–Kier alpha value is -1.42. The molecule has 0 bridgehead atoms. The van der Waals surface area contributed by atoms with Crippen molar-refractivity contribution in [2.24, 2.45) is 7.05 Å². The summed E-state index contributed by atoms with van der Waals surface area (Å²) in [7, 11) is -0.538. The number of hydrogen-bond donors (Lipinski definition) is 1. The topological polar surface area (TPSA) is 90.5 Å². The summed E-state index contributed by atoms with van der Waals surface area (Å²) in [4.78, 5) is 0.981. The van der Waals surface area contributed by atoms with E-state index in [1.54, 1.807) is 7.05 Å². The summed E-state index contributed by atoms with van der Waals surface area (Å²) >= 11 is 1.51. The Balaban J connectivity index is 2.32. The number of hydrogen-bond acceptors (Lipinski definition) is 6. The second-order valence-electron chi connectivity index (χ2n) is 4.46. The van der Waals surface area contributed by atoms with E-state index in [-0.39, 0.29) is 23.8 Å². The van der Waals surface area contributed by atoms with Gasteiger partial charge in [-0.1, -0.05) is 6.07 Å². The minimum atomic E-state index is -3.71. The molecule has 2 heterocycles. The molecule has 0 aliphatic rings. The van der Waals surface area contributed by atoms with E-state index in [0.29, 0.717) is 6.61 Å². The van der Waals surface area contributed by atoms with Gasteiger partial charge in [0.05, 0.1) is 6.61 Å². The Bertz CT molecular complexity index is 679. The molecule has 116 valence electrons. The lowest BCUT2D eigenvalue weighted by Gasteiger charge is -2.20. The molecule has 9 heteroatoms. The molecule has 0 aromatic carbocycles. The molecular formula is C12H18N4O3S2. The Morgan fingerprint density at radius 3 is 2.81 bits per heavy atom. The number of nitrogens with two attached hydrogens (primary N) is 1. The third-order valence-electron chi connectivity index (χ3n) is 2.90. The number of ether oxygens (including phenoxy) is 1. The van der Waals surface area contributed by atoms with Crippen molar-refractivity contribution in [2.75, 3.05) is 26.0 Å². The average Bonchev–Trinajstić information content (AvgIpc) is 3.04. The number of nitrogens with zero attached hydrogens (tertiary/aromatic N) is 3. The van der Waals surface area contributed by atoms with Gasteiger partial charge < -0.3 is 10.5 Å². The lowest BCUT2D eigenvalue weighted by molar-refractivity contribution is 0.177. The second kappa shape index (κ2) is 6.56. The summed E-state index contributed by atoms with van der Waals surface area (Å²) in [6, 6.07) is 3.78. The molecule has 0 spiro atoms. The maximum Gasteiger partial charge on any atom is 0.248 e. The smallest absolute Gasteiger partial charge is 0.248 e. The van der Waals surface area contributed by atoms with Crippen LogP contribution in [0.15, 0.2) is 28.6 Å². The van der Waals surface area contributed by atoms with Crippen molar-refractivity contribution in [1.29, 1.82) is 0 Å². The minimum absolute atomic E-state index is 0.00564. The molecule has 0 saturated heterocycles. The van der Waals surface area contributed by atoms with Gasteiger partial charge in [0.2, 0.25) is 10.0 Å². The number of anilines is 1. The van der Waals surface area contributed by atoms with Crippen LogP contribution in [0.4, 0.5) is 5.82 Å². The van der Waals surface area contributed by atoms with Crippen LogP contribution in [0.5, 0.6) is 0 Å². The Kier molecular flexibility index (Phi) is 4.99. The number of rotatable bonds is 7. The van der Waals surface area contributed by atoms with Gasteiger partial charge in [-0.25, -0.2) is 8.42 Å². The standard InChI is InChI=1S/C12H18N4O3S2/c1-15-9-11(12(13)14-15)21(17,18)16(5-6-19-2)8-10-4-3-7-20-10/h3-4,7,9H,5-6,8H2,1-2H3,(H2,13,14). The third kappa shape index (κ3) is 3.62. The van der Waals surface area contributed by atoms with Crippen molar-refractivity contribution in [3.8, 4) is 0 Å². The molecule has 2 rings (SSSR count). The van der Waals surface area contributed by atoms with Crippen molar-refractivity contribution < 1.29 is 13.2 Å². The van der Waals surface area contributed by atoms with E-state index in [1.165, 1.54) is 33.6 Å². The fraction of sp³-hybridized carbons (Fsp3) is 0.417. The van der Waals surface area contributed by atoms with Crippen LogP contribution in [0.1, 0.15) is 4.88 Å². The molecule has 0 fully saturated rings. The van der Waals surface area contributed by atoms with Crippen molar-refractivity contribution >= 4 is 27.2 Å². The van der Waals surface area contributed by atoms with E-state index in [1.807, 2.05) is 17.5 Å². The highest BCUT2D eigenvalue weighted by Gasteiger charge is 2.28. The zero-order valence-electron chi connectivity index (χ0n) is 11.9. The van der Waals surface area contributed by atoms with Crippen molar-refractivity contribution in [1.82, 2.24) is 14.1 Å². The first-order valence-corrected chi connectivity index (χ1v) is 8.57. The normalized spacial score (nSPS) is 12.1. The molecule has 0 radical (unpaired) electrons. The fourth-order valence-electron chi connectivity index (χ4n) is 1.88. The summed E-state index contributed by atoms with van der Waals surface area (Å²) < 4.78 is 33.2. The molecule has 0 saturated carbocycles. The highest BCUT2D eigenvalue weighted by molar-refractivity contribution is 7.89. The van der Waals surface area contributed by atoms with Crippen molar-refractivity contribution in [3.63, 3.8) is 0 Å². The Morgan fingerprint density at radius 1 is 1.52 bits per heavy atom. The lowest BCUT2D eigenvalue weighted by Crippen LogP contribution is -2.33. The zero-order valence-corrected chi connectivity index (χ0v) is 13.5. The molecule has 0 aliphatic carbocycles. The monoisotopic (exact) mass is 330 g/mol. The predicted molar refractivity (Wildman–Crippen MR) is 81.4 cm³/mol. The zero-order chi connectivity index (χ0) is 15.5. The van der Waals surface area contributed by atoms with Gasteiger partial charge in [0.25, 0.3) is 0 Å². The highest BCUT2D eigenvalue weighted by atomic mass is 32.2. The number of aryl methyl sites for hydroxylation is 1. The summed E-state index contributed by atoms with van der Waals surface area (Å²) in [6.45, 7) is 0.855. The van der Waals surface area contributed by atoms with Gasteiger partial charge in [-0.2, -0.15) is 9.40 Å². The van der Waals surface area contributed by atoms with Crippen LogP contribution < -0.4 is 5.73 Å². The number of thiophene rings is 1. The molecule has 2 N–H and O–H groups in total. The number of nitrogen functional groups attached to an aromatic ring is 1. The number of methoxy groups -OCH3 is 1. The highest BCUT2D eigenvalue weighted by Crippen LogP contribution is 2.23. The molecular weight excluding hydrogens is 312 g/mol. The Morgan fingerprint density at radius 2 is 2.29 bits per heavy atom. The van der Waals surface area contributed by atoms with Crippen molar-refractivity contribution in [3.05, 3.63) is 28.6 Å². The largest absolute Gasteiger partial charge is 0.383 e. The summed E-state index contributed by atoms with van der Waals surface area (Å²) in [6.07, 6.45) is 1.42. The van der Waals surface area contributed by atoms with Crippen LogP contribution in [-0.2, 0) is 28.4 Å². The summed E-state index contributed by atoms with van der Waals surface area (Å²) in [5, 5.41) is 5.81. The van der Waals surface area contributed by atoms with E-state index in [4.69, 9.17) is 10.5 Å². The molecule has 0 amide bonds. The van der Waals surface area contributed by atoms with Gasteiger partial charge in [0.15, 0.2) is 5.82 Å². The molecule has 2 aromatic heterocycles. The van der Waals surface area contributed by atoms with Crippen LogP contribution in [-0.4, -0.2) is 42.8 Å². The van der Waals surface area contributed by atoms with Gasteiger partial charge in [-0.3, -0.25) is 4.68 Å². The van der Waals surface area contributed by atoms with Crippen LogP contribution in [0.2, 0.25) is 0 Å². The maximum atomic E-state index is 12.7. The first kappa shape index (κ1) is 16.0.